The Morgan fingerprint density at radius 2 is 2.19 bits per heavy atom. The van der Waals surface area contributed by atoms with Gasteiger partial charge in [0.1, 0.15) is 17.6 Å². The molecule has 1 aromatic carbocycles. The number of hydrogen-bond donors (Lipinski definition) is 1. The molecular weight excluding hydrogens is 340 g/mol. The molecule has 27 heavy (non-hydrogen) atoms. The van der Waals surface area contributed by atoms with Crippen molar-refractivity contribution < 1.29 is 19.4 Å². The van der Waals surface area contributed by atoms with Gasteiger partial charge in [-0.15, -0.1) is 6.58 Å². The molecule has 0 amide bonds. The van der Waals surface area contributed by atoms with Crippen LogP contribution in [0.3, 0.4) is 0 Å². The summed E-state index contributed by atoms with van der Waals surface area (Å²) in [6.07, 6.45) is 6.16. The average Bonchev–Trinajstić information content (AvgIpc) is 2.91. The first-order chi connectivity index (χ1) is 12.8. The van der Waals surface area contributed by atoms with Gasteiger partial charge in [-0.25, -0.2) is 0 Å². The molecule has 2 saturated carbocycles. The molecule has 0 spiro atoms. The number of allylic oxidation sites excluding steroid dienone is 1. The Hall–Kier alpha value is -2.10. The number of carbonyl (C=O) groups excluding carboxylic acids is 2. The molecule has 3 aliphatic carbocycles. The Bertz CT molecular complexity index is 811. The van der Waals surface area contributed by atoms with Crippen LogP contribution < -0.4 is 0 Å². The molecule has 144 valence electrons. The van der Waals surface area contributed by atoms with Gasteiger partial charge in [0, 0.05) is 31.1 Å². The number of phenolic OH excluding ortho intramolecular Hbond substituents is 1. The zero-order valence-electron chi connectivity index (χ0n) is 16.2. The highest BCUT2D eigenvalue weighted by Crippen LogP contribution is 2.60. The topological polar surface area (TPSA) is 63.6 Å². The van der Waals surface area contributed by atoms with E-state index in [1.165, 1.54) is 12.5 Å². The highest BCUT2D eigenvalue weighted by atomic mass is 16.5. The molecule has 4 rings (SSSR count). The molecule has 0 bridgehead atoms. The van der Waals surface area contributed by atoms with Gasteiger partial charge in [-0.2, -0.15) is 0 Å². The van der Waals surface area contributed by atoms with Crippen molar-refractivity contribution in [3.63, 3.8) is 0 Å². The Morgan fingerprint density at radius 1 is 1.41 bits per heavy atom. The molecule has 0 radical (unpaired) electrons. The molecular formula is C23H28O4. The van der Waals surface area contributed by atoms with Gasteiger partial charge in [-0.3, -0.25) is 9.59 Å². The summed E-state index contributed by atoms with van der Waals surface area (Å²) in [5.41, 5.74) is 2.95. The van der Waals surface area contributed by atoms with Crippen molar-refractivity contribution in [3.8, 4) is 5.75 Å². The molecule has 0 unspecified atom stereocenters. The lowest BCUT2D eigenvalue weighted by molar-refractivity contribution is -0.155. The largest absolute Gasteiger partial charge is 0.508 e. The number of aromatic hydroxyl groups is 1. The van der Waals surface area contributed by atoms with Crippen LogP contribution in [0.2, 0.25) is 0 Å². The summed E-state index contributed by atoms with van der Waals surface area (Å²) in [6.45, 7) is 7.36. The third kappa shape index (κ3) is 2.81. The third-order valence-electron chi connectivity index (χ3n) is 7.31. The van der Waals surface area contributed by atoms with Gasteiger partial charge in [-0.05, 0) is 60.3 Å². The standard InChI is InChI=1S/C23H28O4/c1-4-5-14-10-17-15(11-19(14)25)12-20(27-13(2)24)22-16(17)8-9-23(3)18(22)6-7-21(23)26/h4,10-11,16,18,20,22,25H,1,5-9,12H2,2-3H3/t16-,18+,20+,22-,23+/m1/s1. The molecule has 4 nitrogen and oxygen atoms in total. The lowest BCUT2D eigenvalue weighted by Crippen LogP contribution is -2.49. The van der Waals surface area contributed by atoms with Gasteiger partial charge in [0.2, 0.25) is 0 Å². The average molecular weight is 368 g/mol. The fourth-order valence-electron chi connectivity index (χ4n) is 6.07. The van der Waals surface area contributed by atoms with Crippen molar-refractivity contribution in [3.05, 3.63) is 41.5 Å². The SMILES string of the molecule is C=CCc1cc2c(cc1O)C[C@H](OC(C)=O)[C@@H]1[C@@H]2CC[C@]2(C)C(=O)CC[C@@H]12. The first-order valence-electron chi connectivity index (χ1n) is 10.0. The van der Waals surface area contributed by atoms with Crippen LogP contribution in [0.25, 0.3) is 0 Å². The van der Waals surface area contributed by atoms with E-state index in [0.717, 1.165) is 30.4 Å². The van der Waals surface area contributed by atoms with Gasteiger partial charge >= 0.3 is 5.97 Å². The number of rotatable bonds is 3. The molecule has 0 aromatic heterocycles. The fourth-order valence-corrected chi connectivity index (χ4v) is 6.07. The number of ether oxygens (including phenoxy) is 1. The van der Waals surface area contributed by atoms with Crippen molar-refractivity contribution >= 4 is 11.8 Å². The highest BCUT2D eigenvalue weighted by molar-refractivity contribution is 5.87. The minimum Gasteiger partial charge on any atom is -0.508 e. The number of phenols is 1. The van der Waals surface area contributed by atoms with Crippen LogP contribution in [-0.2, 0) is 27.2 Å². The quantitative estimate of drug-likeness (QED) is 0.645. The zero-order chi connectivity index (χ0) is 19.3. The number of benzene rings is 1. The van der Waals surface area contributed by atoms with Gasteiger partial charge in [-0.1, -0.05) is 19.1 Å². The van der Waals surface area contributed by atoms with E-state index in [-0.39, 0.29) is 41.0 Å². The molecule has 5 atom stereocenters. The zero-order valence-corrected chi connectivity index (χ0v) is 16.2. The Labute approximate surface area is 160 Å². The predicted octanol–water partition coefficient (Wildman–Crippen LogP) is 4.09. The molecule has 3 aliphatic rings. The van der Waals surface area contributed by atoms with Crippen LogP contribution in [0.15, 0.2) is 24.8 Å². The third-order valence-corrected chi connectivity index (χ3v) is 7.31. The first-order valence-corrected chi connectivity index (χ1v) is 10.0. The van der Waals surface area contributed by atoms with Crippen molar-refractivity contribution in [1.82, 2.24) is 0 Å². The monoisotopic (exact) mass is 368 g/mol. The van der Waals surface area contributed by atoms with Crippen LogP contribution in [0.4, 0.5) is 0 Å². The molecule has 0 aliphatic heterocycles. The van der Waals surface area contributed by atoms with E-state index >= 15 is 0 Å². The maximum absolute atomic E-state index is 12.6. The summed E-state index contributed by atoms with van der Waals surface area (Å²) in [5.74, 6) is 1.09. The number of carbonyl (C=O) groups is 2. The smallest absolute Gasteiger partial charge is 0.302 e. The Balaban J connectivity index is 1.80. The van der Waals surface area contributed by atoms with Crippen molar-refractivity contribution in [2.24, 2.45) is 17.3 Å². The number of Topliss-reactive ketones (excluding diaryl/α,β-unsaturated/α-hetero) is 1. The van der Waals surface area contributed by atoms with E-state index in [2.05, 4.69) is 19.6 Å². The van der Waals surface area contributed by atoms with Gasteiger partial charge < -0.3 is 9.84 Å². The number of esters is 1. The summed E-state index contributed by atoms with van der Waals surface area (Å²) < 4.78 is 5.78. The maximum Gasteiger partial charge on any atom is 0.302 e. The van der Waals surface area contributed by atoms with Gasteiger partial charge in [0.05, 0.1) is 0 Å². The number of ketones is 1. The maximum atomic E-state index is 12.6. The summed E-state index contributed by atoms with van der Waals surface area (Å²) in [6, 6.07) is 3.96. The normalized spacial score (nSPS) is 34.4. The summed E-state index contributed by atoms with van der Waals surface area (Å²) >= 11 is 0. The molecule has 0 heterocycles. The minimum atomic E-state index is -0.280. The second-order valence-electron chi connectivity index (χ2n) is 8.73. The van der Waals surface area contributed by atoms with E-state index in [0.29, 0.717) is 25.0 Å². The number of hydrogen-bond acceptors (Lipinski definition) is 4. The Kier molecular flexibility index (Phi) is 4.40. The summed E-state index contributed by atoms with van der Waals surface area (Å²) in [7, 11) is 0. The molecule has 2 fully saturated rings. The summed E-state index contributed by atoms with van der Waals surface area (Å²) in [5, 5.41) is 10.4. The molecule has 0 saturated heterocycles. The van der Waals surface area contributed by atoms with E-state index in [9.17, 15) is 14.7 Å². The van der Waals surface area contributed by atoms with Crippen molar-refractivity contribution in [2.75, 3.05) is 0 Å². The molecule has 1 N–H and O–H groups in total. The van der Waals surface area contributed by atoms with Crippen molar-refractivity contribution in [1.29, 1.82) is 0 Å². The van der Waals surface area contributed by atoms with E-state index in [4.69, 9.17) is 4.74 Å². The first kappa shape index (κ1) is 18.3. The number of fused-ring (bicyclic) bond motifs is 5. The fraction of sp³-hybridized carbons (Fsp3) is 0.565. The van der Waals surface area contributed by atoms with Crippen LogP contribution in [-0.4, -0.2) is 23.0 Å². The summed E-state index contributed by atoms with van der Waals surface area (Å²) in [4.78, 5) is 24.4. The van der Waals surface area contributed by atoms with Crippen LogP contribution >= 0.6 is 0 Å². The second-order valence-corrected chi connectivity index (χ2v) is 8.73. The van der Waals surface area contributed by atoms with Gasteiger partial charge in [0.25, 0.3) is 0 Å². The van der Waals surface area contributed by atoms with Gasteiger partial charge in [0.15, 0.2) is 0 Å². The lowest BCUT2D eigenvalue weighted by Gasteiger charge is -2.51. The van der Waals surface area contributed by atoms with Crippen molar-refractivity contribution in [2.45, 2.75) is 64.4 Å². The highest BCUT2D eigenvalue weighted by Gasteiger charge is 2.57. The predicted molar refractivity (Wildman–Crippen MR) is 103 cm³/mol. The molecule has 1 aromatic rings. The lowest BCUT2D eigenvalue weighted by atomic mass is 9.54. The van der Waals surface area contributed by atoms with Crippen LogP contribution in [0.1, 0.15) is 62.1 Å². The second kappa shape index (κ2) is 6.50. The molecule has 4 heteroatoms. The minimum absolute atomic E-state index is 0.174. The van der Waals surface area contributed by atoms with Crippen LogP contribution in [0.5, 0.6) is 5.75 Å². The van der Waals surface area contributed by atoms with E-state index in [1.54, 1.807) is 6.08 Å². The van der Waals surface area contributed by atoms with E-state index in [1.807, 2.05) is 6.07 Å². The van der Waals surface area contributed by atoms with Crippen LogP contribution in [0, 0.1) is 17.3 Å². The van der Waals surface area contributed by atoms with E-state index < -0.39 is 0 Å². The Morgan fingerprint density at radius 3 is 2.89 bits per heavy atom.